The summed E-state index contributed by atoms with van der Waals surface area (Å²) in [5.41, 5.74) is 7.38. The normalized spacial score (nSPS) is 18.4. The molecular formula is C18H25N3OS. The Morgan fingerprint density at radius 3 is 2.57 bits per heavy atom. The van der Waals surface area contributed by atoms with Crippen LogP contribution in [0.15, 0.2) is 34.9 Å². The van der Waals surface area contributed by atoms with Gasteiger partial charge >= 0.3 is 0 Å². The standard InChI is InChI=1S/C18H25N3OS/c1-13(2)15(23-12-14-8-4-3-5-9-14)16-20-17(21-22-16)18(19)10-6-7-11-18/h3-5,8-9,13,15H,6-7,10-12,19H2,1-2H3. The van der Waals surface area contributed by atoms with Gasteiger partial charge in [-0.25, -0.2) is 0 Å². The first-order valence-corrected chi connectivity index (χ1v) is 9.42. The van der Waals surface area contributed by atoms with Crippen molar-refractivity contribution >= 4 is 11.8 Å². The molecule has 5 heteroatoms. The largest absolute Gasteiger partial charge is 0.338 e. The predicted octanol–water partition coefficient (Wildman–Crippen LogP) is 4.43. The van der Waals surface area contributed by atoms with Crippen LogP contribution in [0.4, 0.5) is 0 Å². The van der Waals surface area contributed by atoms with Crippen molar-refractivity contribution in [2.24, 2.45) is 11.7 Å². The van der Waals surface area contributed by atoms with Crippen molar-refractivity contribution in [3.05, 3.63) is 47.6 Å². The Morgan fingerprint density at radius 2 is 1.91 bits per heavy atom. The number of hydrogen-bond donors (Lipinski definition) is 1. The lowest BCUT2D eigenvalue weighted by atomic mass is 9.98. The monoisotopic (exact) mass is 331 g/mol. The molecule has 1 aliphatic rings. The molecule has 124 valence electrons. The first kappa shape index (κ1) is 16.5. The number of aromatic nitrogens is 2. The number of nitrogens with zero attached hydrogens (tertiary/aromatic N) is 2. The third-order valence-electron chi connectivity index (χ3n) is 4.50. The molecule has 1 aromatic heterocycles. The molecule has 1 fully saturated rings. The molecule has 0 saturated heterocycles. The van der Waals surface area contributed by atoms with E-state index in [2.05, 4.69) is 48.3 Å². The van der Waals surface area contributed by atoms with Gasteiger partial charge < -0.3 is 10.3 Å². The molecule has 1 atom stereocenters. The van der Waals surface area contributed by atoms with Crippen molar-refractivity contribution in [1.82, 2.24) is 10.1 Å². The van der Waals surface area contributed by atoms with Crippen molar-refractivity contribution in [2.45, 2.75) is 56.1 Å². The number of hydrogen-bond acceptors (Lipinski definition) is 5. The van der Waals surface area contributed by atoms with Crippen molar-refractivity contribution in [1.29, 1.82) is 0 Å². The third kappa shape index (κ3) is 3.78. The molecule has 0 radical (unpaired) electrons. The Morgan fingerprint density at radius 1 is 1.22 bits per heavy atom. The van der Waals surface area contributed by atoms with Gasteiger partial charge in [0.05, 0.1) is 10.8 Å². The van der Waals surface area contributed by atoms with E-state index in [0.717, 1.165) is 31.4 Å². The van der Waals surface area contributed by atoms with Crippen molar-refractivity contribution in [3.63, 3.8) is 0 Å². The fourth-order valence-electron chi connectivity index (χ4n) is 3.09. The molecular weight excluding hydrogens is 306 g/mol. The molecule has 1 unspecified atom stereocenters. The maximum Gasteiger partial charge on any atom is 0.240 e. The van der Waals surface area contributed by atoms with Crippen LogP contribution in [0.5, 0.6) is 0 Å². The van der Waals surface area contributed by atoms with E-state index < -0.39 is 0 Å². The Balaban J connectivity index is 1.72. The summed E-state index contributed by atoms with van der Waals surface area (Å²) in [5.74, 6) is 2.77. The zero-order chi connectivity index (χ0) is 16.3. The Bertz CT molecular complexity index is 620. The molecule has 2 N–H and O–H groups in total. The molecule has 0 amide bonds. The second-order valence-corrected chi connectivity index (χ2v) is 7.91. The van der Waals surface area contributed by atoms with Crippen LogP contribution in [0.1, 0.15) is 62.1 Å². The molecule has 4 nitrogen and oxygen atoms in total. The summed E-state index contributed by atoms with van der Waals surface area (Å²) in [4.78, 5) is 4.67. The van der Waals surface area contributed by atoms with Gasteiger partial charge in [-0.15, -0.1) is 11.8 Å². The number of benzene rings is 1. The lowest BCUT2D eigenvalue weighted by molar-refractivity contribution is 0.338. The summed E-state index contributed by atoms with van der Waals surface area (Å²) in [7, 11) is 0. The summed E-state index contributed by atoms with van der Waals surface area (Å²) in [6, 6.07) is 10.5. The number of rotatable bonds is 6. The molecule has 0 aliphatic heterocycles. The van der Waals surface area contributed by atoms with E-state index in [0.29, 0.717) is 17.6 Å². The van der Waals surface area contributed by atoms with Gasteiger partial charge in [-0.1, -0.05) is 62.2 Å². The van der Waals surface area contributed by atoms with Crippen molar-refractivity contribution in [3.8, 4) is 0 Å². The summed E-state index contributed by atoms with van der Waals surface area (Å²) in [6.07, 6.45) is 4.21. The molecule has 1 aliphatic carbocycles. The summed E-state index contributed by atoms with van der Waals surface area (Å²) in [5, 5.41) is 4.40. The molecule has 1 saturated carbocycles. The second-order valence-electron chi connectivity index (χ2n) is 6.78. The van der Waals surface area contributed by atoms with Crippen LogP contribution >= 0.6 is 11.8 Å². The van der Waals surface area contributed by atoms with Gasteiger partial charge in [-0.05, 0) is 24.3 Å². The highest BCUT2D eigenvalue weighted by atomic mass is 32.2. The second kappa shape index (κ2) is 7.05. The van der Waals surface area contributed by atoms with E-state index in [9.17, 15) is 0 Å². The van der Waals surface area contributed by atoms with E-state index in [4.69, 9.17) is 10.3 Å². The minimum atomic E-state index is -0.382. The van der Waals surface area contributed by atoms with E-state index in [1.54, 1.807) is 0 Å². The van der Waals surface area contributed by atoms with E-state index in [-0.39, 0.29) is 10.8 Å². The quantitative estimate of drug-likeness (QED) is 0.848. The van der Waals surface area contributed by atoms with Gasteiger partial charge in [0.2, 0.25) is 5.89 Å². The molecule has 2 aromatic rings. The Hall–Kier alpha value is -1.33. The maximum atomic E-state index is 6.44. The van der Waals surface area contributed by atoms with Gasteiger partial charge in [0.1, 0.15) is 0 Å². The van der Waals surface area contributed by atoms with Gasteiger partial charge in [0, 0.05) is 5.75 Å². The highest BCUT2D eigenvalue weighted by Crippen LogP contribution is 2.39. The molecule has 3 rings (SSSR count). The smallest absolute Gasteiger partial charge is 0.240 e. The fraction of sp³-hybridized carbons (Fsp3) is 0.556. The van der Waals surface area contributed by atoms with Crippen molar-refractivity contribution in [2.75, 3.05) is 0 Å². The SMILES string of the molecule is CC(C)C(SCc1ccccc1)c1nc(C2(N)CCCC2)no1. The highest BCUT2D eigenvalue weighted by molar-refractivity contribution is 7.98. The Kier molecular flexibility index (Phi) is 5.07. The van der Waals surface area contributed by atoms with Crippen LogP contribution in [-0.2, 0) is 11.3 Å². The zero-order valence-electron chi connectivity index (χ0n) is 13.9. The highest BCUT2D eigenvalue weighted by Gasteiger charge is 2.37. The van der Waals surface area contributed by atoms with Crippen LogP contribution in [0.3, 0.4) is 0 Å². The lowest BCUT2D eigenvalue weighted by Gasteiger charge is -2.18. The third-order valence-corrected chi connectivity index (χ3v) is 6.11. The van der Waals surface area contributed by atoms with Crippen LogP contribution in [0, 0.1) is 5.92 Å². The van der Waals surface area contributed by atoms with Crippen molar-refractivity contribution < 1.29 is 4.52 Å². The van der Waals surface area contributed by atoms with E-state index >= 15 is 0 Å². The van der Waals surface area contributed by atoms with E-state index in [1.807, 2.05) is 17.8 Å². The van der Waals surface area contributed by atoms with E-state index in [1.165, 1.54) is 5.56 Å². The Labute approximate surface area is 142 Å². The van der Waals surface area contributed by atoms with Crippen LogP contribution < -0.4 is 5.73 Å². The van der Waals surface area contributed by atoms with Crippen LogP contribution in [0.25, 0.3) is 0 Å². The molecule has 1 aromatic carbocycles. The maximum absolute atomic E-state index is 6.44. The van der Waals surface area contributed by atoms with Crippen LogP contribution in [-0.4, -0.2) is 10.1 Å². The minimum Gasteiger partial charge on any atom is -0.338 e. The summed E-state index contributed by atoms with van der Waals surface area (Å²) >= 11 is 1.85. The van der Waals surface area contributed by atoms with Gasteiger partial charge in [0.25, 0.3) is 0 Å². The fourth-order valence-corrected chi connectivity index (χ4v) is 4.28. The first-order chi connectivity index (χ1) is 11.1. The first-order valence-electron chi connectivity index (χ1n) is 8.37. The summed E-state index contributed by atoms with van der Waals surface area (Å²) in [6.45, 7) is 4.39. The average molecular weight is 331 g/mol. The molecule has 23 heavy (non-hydrogen) atoms. The average Bonchev–Trinajstić information content (AvgIpc) is 3.19. The topological polar surface area (TPSA) is 64.9 Å². The molecule has 0 spiro atoms. The molecule has 0 bridgehead atoms. The van der Waals surface area contributed by atoms with Crippen LogP contribution in [0.2, 0.25) is 0 Å². The minimum absolute atomic E-state index is 0.196. The summed E-state index contributed by atoms with van der Waals surface area (Å²) < 4.78 is 5.59. The van der Waals surface area contributed by atoms with Gasteiger partial charge in [0.15, 0.2) is 5.82 Å². The lowest BCUT2D eigenvalue weighted by Crippen LogP contribution is -2.34. The number of nitrogens with two attached hydrogens (primary N) is 1. The predicted molar refractivity (Wildman–Crippen MR) is 93.9 cm³/mol. The van der Waals surface area contributed by atoms with Gasteiger partial charge in [-0.2, -0.15) is 4.98 Å². The zero-order valence-corrected chi connectivity index (χ0v) is 14.7. The molecule has 1 heterocycles. The number of thioether (sulfide) groups is 1. The van der Waals surface area contributed by atoms with Gasteiger partial charge in [-0.3, -0.25) is 0 Å².